The highest BCUT2D eigenvalue weighted by molar-refractivity contribution is 6.01. The first-order chi connectivity index (χ1) is 17.0. The number of fused-ring (bicyclic) bond motifs is 4. The van der Waals surface area contributed by atoms with Gasteiger partial charge < -0.3 is 19.9 Å². The molecule has 1 aromatic heterocycles. The molecule has 4 aromatic rings. The molecule has 1 saturated heterocycles. The lowest BCUT2D eigenvalue weighted by molar-refractivity contribution is 0.0592. The molecule has 0 saturated carbocycles. The van der Waals surface area contributed by atoms with Crippen molar-refractivity contribution in [2.75, 3.05) is 19.0 Å². The van der Waals surface area contributed by atoms with Crippen LogP contribution in [0.1, 0.15) is 44.0 Å². The van der Waals surface area contributed by atoms with Gasteiger partial charge >= 0.3 is 5.97 Å². The summed E-state index contributed by atoms with van der Waals surface area (Å²) in [5.41, 5.74) is 4.24. The number of anilines is 1. The fraction of sp³-hybridized carbons (Fsp3) is 0.214. The zero-order chi connectivity index (χ0) is 24.3. The predicted molar refractivity (Wildman–Crippen MR) is 131 cm³/mol. The number of nitrogens with one attached hydrogen (secondary N) is 2. The summed E-state index contributed by atoms with van der Waals surface area (Å²) in [7, 11) is 1.36. The van der Waals surface area contributed by atoms with Crippen molar-refractivity contribution in [3.63, 3.8) is 0 Å². The lowest BCUT2D eigenvalue weighted by Crippen LogP contribution is -2.47. The zero-order valence-corrected chi connectivity index (χ0v) is 19.4. The standard InChI is InChI=1S/C28H24FN3O3/c1-16-11-12-21-18(15-16)23(24(30-21)26(34)35-2)28-13-14-32(25(33)17-7-3-5-9-20(17)29)27(28)31-22-10-6-4-8-19(22)28/h3-12,15,27,30-31H,13-14H2,1-2H3. The third-order valence-corrected chi connectivity index (χ3v) is 7.38. The number of hydrogen-bond donors (Lipinski definition) is 2. The molecule has 2 N–H and O–H groups in total. The monoisotopic (exact) mass is 469 g/mol. The van der Waals surface area contributed by atoms with Gasteiger partial charge in [-0.3, -0.25) is 4.79 Å². The summed E-state index contributed by atoms with van der Waals surface area (Å²) in [6.45, 7) is 2.41. The van der Waals surface area contributed by atoms with Crippen molar-refractivity contribution >= 4 is 28.5 Å². The molecule has 1 amide bonds. The van der Waals surface area contributed by atoms with Gasteiger partial charge in [0.25, 0.3) is 5.91 Å². The summed E-state index contributed by atoms with van der Waals surface area (Å²) in [4.78, 5) is 31.6. The van der Waals surface area contributed by atoms with Crippen LogP contribution in [0.2, 0.25) is 0 Å². The van der Waals surface area contributed by atoms with Crippen molar-refractivity contribution in [2.24, 2.45) is 0 Å². The molecule has 6 rings (SSSR count). The van der Waals surface area contributed by atoms with Gasteiger partial charge in [-0.05, 0) is 49.2 Å². The minimum Gasteiger partial charge on any atom is -0.464 e. The molecule has 0 radical (unpaired) electrons. The van der Waals surface area contributed by atoms with Gasteiger partial charge in [0.15, 0.2) is 0 Å². The molecule has 3 heterocycles. The van der Waals surface area contributed by atoms with Crippen LogP contribution in [0.3, 0.4) is 0 Å². The SMILES string of the molecule is COC(=O)c1[nH]c2ccc(C)cc2c1C12CCN(C(=O)c3ccccc3F)C1Nc1ccccc12. The first-order valence-corrected chi connectivity index (χ1v) is 11.6. The summed E-state index contributed by atoms with van der Waals surface area (Å²) < 4.78 is 19.8. The van der Waals surface area contributed by atoms with E-state index in [9.17, 15) is 14.0 Å². The van der Waals surface area contributed by atoms with Gasteiger partial charge in [0, 0.05) is 28.7 Å². The predicted octanol–water partition coefficient (Wildman–Crippen LogP) is 4.99. The highest BCUT2D eigenvalue weighted by Crippen LogP contribution is 2.55. The molecule has 6 nitrogen and oxygen atoms in total. The van der Waals surface area contributed by atoms with E-state index in [1.165, 1.54) is 19.2 Å². The number of carbonyl (C=O) groups is 2. The van der Waals surface area contributed by atoms with E-state index in [4.69, 9.17) is 4.74 Å². The van der Waals surface area contributed by atoms with E-state index < -0.39 is 23.4 Å². The number of hydrogen-bond acceptors (Lipinski definition) is 4. The second-order valence-electron chi connectivity index (χ2n) is 9.21. The highest BCUT2D eigenvalue weighted by Gasteiger charge is 2.58. The zero-order valence-electron chi connectivity index (χ0n) is 19.4. The Morgan fingerprint density at radius 2 is 1.86 bits per heavy atom. The largest absolute Gasteiger partial charge is 0.464 e. The maximum Gasteiger partial charge on any atom is 0.354 e. The molecule has 2 aliphatic heterocycles. The number of H-pyrrole nitrogens is 1. The van der Waals surface area contributed by atoms with Crippen molar-refractivity contribution in [2.45, 2.75) is 24.9 Å². The highest BCUT2D eigenvalue weighted by atomic mass is 19.1. The van der Waals surface area contributed by atoms with Crippen LogP contribution < -0.4 is 5.32 Å². The van der Waals surface area contributed by atoms with Gasteiger partial charge in [-0.2, -0.15) is 0 Å². The number of methoxy groups -OCH3 is 1. The maximum atomic E-state index is 14.6. The summed E-state index contributed by atoms with van der Waals surface area (Å²) in [5, 5.41) is 4.44. The molecule has 2 aliphatic rings. The molecule has 176 valence electrons. The Hall–Kier alpha value is -4.13. The van der Waals surface area contributed by atoms with Gasteiger partial charge in [0.05, 0.1) is 18.1 Å². The third kappa shape index (κ3) is 2.94. The van der Waals surface area contributed by atoms with Crippen LogP contribution in [-0.2, 0) is 10.2 Å². The Morgan fingerprint density at radius 3 is 2.66 bits per heavy atom. The molecular formula is C28H24FN3O3. The summed E-state index contributed by atoms with van der Waals surface area (Å²) in [6.07, 6.45) is 0.0576. The Kier molecular flexibility index (Phi) is 4.71. The summed E-state index contributed by atoms with van der Waals surface area (Å²) in [5.74, 6) is -1.40. The number of esters is 1. The summed E-state index contributed by atoms with van der Waals surface area (Å²) >= 11 is 0. The lowest BCUT2D eigenvalue weighted by atomic mass is 9.72. The second-order valence-corrected chi connectivity index (χ2v) is 9.21. The van der Waals surface area contributed by atoms with Crippen LogP contribution in [-0.4, -0.2) is 41.6 Å². The summed E-state index contributed by atoms with van der Waals surface area (Å²) in [6, 6.07) is 19.9. The van der Waals surface area contributed by atoms with Crippen LogP contribution in [0.4, 0.5) is 10.1 Å². The minimum absolute atomic E-state index is 0.0315. The first-order valence-electron chi connectivity index (χ1n) is 11.6. The maximum absolute atomic E-state index is 14.6. The van der Waals surface area contributed by atoms with Gasteiger partial charge in [-0.25, -0.2) is 9.18 Å². The minimum atomic E-state index is -0.729. The van der Waals surface area contributed by atoms with Gasteiger partial charge in [-0.1, -0.05) is 42.0 Å². The molecule has 3 aromatic carbocycles. The van der Waals surface area contributed by atoms with Crippen molar-refractivity contribution in [1.82, 2.24) is 9.88 Å². The number of aryl methyl sites for hydroxylation is 1. The number of benzene rings is 3. The molecule has 0 bridgehead atoms. The van der Waals surface area contributed by atoms with E-state index in [1.54, 1.807) is 17.0 Å². The van der Waals surface area contributed by atoms with E-state index in [1.807, 2.05) is 43.3 Å². The number of aromatic amines is 1. The molecule has 1 fully saturated rings. The Labute approximate surface area is 201 Å². The van der Waals surface area contributed by atoms with E-state index in [2.05, 4.69) is 16.4 Å². The van der Waals surface area contributed by atoms with E-state index >= 15 is 0 Å². The van der Waals surface area contributed by atoms with E-state index in [0.717, 1.165) is 33.3 Å². The fourth-order valence-electron chi connectivity index (χ4n) is 5.89. The van der Waals surface area contributed by atoms with Gasteiger partial charge in [0.2, 0.25) is 0 Å². The van der Waals surface area contributed by atoms with Crippen molar-refractivity contribution in [3.05, 3.63) is 100 Å². The second kappa shape index (κ2) is 7.70. The molecule has 35 heavy (non-hydrogen) atoms. The van der Waals surface area contributed by atoms with E-state index in [-0.39, 0.29) is 11.5 Å². The molecule has 2 unspecified atom stereocenters. The van der Waals surface area contributed by atoms with Crippen molar-refractivity contribution in [3.8, 4) is 0 Å². The smallest absolute Gasteiger partial charge is 0.354 e. The number of ether oxygens (including phenoxy) is 1. The van der Waals surface area contributed by atoms with Crippen LogP contribution in [0, 0.1) is 12.7 Å². The quantitative estimate of drug-likeness (QED) is 0.415. The van der Waals surface area contributed by atoms with Crippen molar-refractivity contribution in [1.29, 1.82) is 0 Å². The normalized spacial score (nSPS) is 20.4. The Balaban J connectivity index is 1.61. The Morgan fingerprint density at radius 1 is 1.09 bits per heavy atom. The number of amides is 1. The fourth-order valence-corrected chi connectivity index (χ4v) is 5.89. The molecule has 2 atom stereocenters. The topological polar surface area (TPSA) is 74.4 Å². The lowest BCUT2D eigenvalue weighted by Gasteiger charge is -2.33. The number of rotatable bonds is 3. The molecule has 0 spiro atoms. The number of carbonyl (C=O) groups excluding carboxylic acids is 2. The molecule has 0 aliphatic carbocycles. The molecule has 7 heteroatoms. The van der Waals surface area contributed by atoms with Gasteiger partial charge in [-0.15, -0.1) is 0 Å². The van der Waals surface area contributed by atoms with Crippen LogP contribution >= 0.6 is 0 Å². The average molecular weight is 470 g/mol. The number of aromatic nitrogens is 1. The van der Waals surface area contributed by atoms with Crippen molar-refractivity contribution < 1.29 is 18.7 Å². The van der Waals surface area contributed by atoms with Crippen LogP contribution in [0.5, 0.6) is 0 Å². The Bertz CT molecular complexity index is 1510. The first kappa shape index (κ1) is 21.4. The number of para-hydroxylation sites is 1. The number of halogens is 1. The van der Waals surface area contributed by atoms with Crippen LogP contribution in [0.15, 0.2) is 66.7 Å². The van der Waals surface area contributed by atoms with Gasteiger partial charge in [0.1, 0.15) is 17.7 Å². The van der Waals surface area contributed by atoms with E-state index in [0.29, 0.717) is 18.7 Å². The van der Waals surface area contributed by atoms with Crippen LogP contribution in [0.25, 0.3) is 10.9 Å². The molecular weight excluding hydrogens is 445 g/mol. The average Bonchev–Trinajstić information content (AvgIpc) is 3.52. The number of likely N-dealkylation sites (tertiary alicyclic amines) is 1. The third-order valence-electron chi connectivity index (χ3n) is 7.38. The number of nitrogens with zero attached hydrogens (tertiary/aromatic N) is 1.